The number of nitriles is 1. The number of cyclic esters (lactones) is 2. The Morgan fingerprint density at radius 3 is 2.35 bits per heavy atom. The van der Waals surface area contributed by atoms with E-state index in [0.717, 1.165) is 12.2 Å². The van der Waals surface area contributed by atoms with E-state index in [4.69, 9.17) is 18.9 Å². The maximum absolute atomic E-state index is 13.6. The number of esters is 2. The van der Waals surface area contributed by atoms with Gasteiger partial charge in [0, 0.05) is 35.5 Å². The highest BCUT2D eigenvalue weighted by atomic mass is 16.6. The van der Waals surface area contributed by atoms with Crippen molar-refractivity contribution in [2.45, 2.75) is 6.92 Å². The van der Waals surface area contributed by atoms with Gasteiger partial charge in [-0.05, 0) is 63.5 Å². The summed E-state index contributed by atoms with van der Waals surface area (Å²) in [5, 5.41) is 16.4. The summed E-state index contributed by atoms with van der Waals surface area (Å²) >= 11 is 0. The van der Waals surface area contributed by atoms with Crippen LogP contribution in [-0.2, 0) is 23.9 Å². The van der Waals surface area contributed by atoms with Crippen molar-refractivity contribution in [3.05, 3.63) is 102 Å². The molecular formula is C34H29N5O7. The minimum absolute atomic E-state index is 0.00958. The standard InChI is InChI=1S/C34H29N5O7/c1-4-43-28-17-26-25(16-27(28)38-34(42)33-29(20-39(2)3)45-30(40)14-15-31(41)46-33)32(21(18-35)19-36-26)37-22-10-12-24(13-11-22)44-23-8-6-5-7-9-23/h5-17,19H,4,20H2,1-3H3,(H,36,37)(H,38,42)/b15-14-,33-29+. The molecule has 2 N–H and O–H groups in total. The normalized spacial score (nSPS) is 15.2. The van der Waals surface area contributed by atoms with Gasteiger partial charge in [-0.25, -0.2) is 9.59 Å². The molecule has 0 radical (unpaired) electrons. The molecule has 0 atom stereocenters. The second-order valence-electron chi connectivity index (χ2n) is 10.1. The smallest absolute Gasteiger partial charge is 0.336 e. The zero-order valence-corrected chi connectivity index (χ0v) is 25.2. The number of nitrogens with one attached hydrogen (secondary N) is 2. The molecule has 4 aromatic rings. The number of ether oxygens (including phenoxy) is 4. The van der Waals surface area contributed by atoms with Crippen molar-refractivity contribution in [2.24, 2.45) is 0 Å². The van der Waals surface area contributed by atoms with Crippen LogP contribution in [0.4, 0.5) is 17.1 Å². The van der Waals surface area contributed by atoms with Gasteiger partial charge in [-0.1, -0.05) is 18.2 Å². The molecule has 0 fully saturated rings. The zero-order valence-electron chi connectivity index (χ0n) is 25.2. The predicted octanol–water partition coefficient (Wildman–Crippen LogP) is 5.41. The van der Waals surface area contributed by atoms with E-state index in [1.165, 1.54) is 6.20 Å². The van der Waals surface area contributed by atoms with Crippen molar-refractivity contribution in [1.82, 2.24) is 9.88 Å². The Bertz CT molecular complexity index is 1900. The lowest BCUT2D eigenvalue weighted by Crippen LogP contribution is -2.27. The van der Waals surface area contributed by atoms with Crippen LogP contribution in [0.3, 0.4) is 0 Å². The largest absolute Gasteiger partial charge is 0.492 e. The van der Waals surface area contributed by atoms with E-state index in [1.807, 2.05) is 30.3 Å². The second kappa shape index (κ2) is 14.1. The molecule has 0 saturated heterocycles. The van der Waals surface area contributed by atoms with E-state index < -0.39 is 23.6 Å². The first kappa shape index (κ1) is 31.2. The number of carbonyl (C=O) groups is 3. The average molecular weight is 620 g/mol. The van der Waals surface area contributed by atoms with E-state index in [9.17, 15) is 19.6 Å². The average Bonchev–Trinajstić information content (AvgIpc) is 3.03. The molecule has 46 heavy (non-hydrogen) atoms. The Balaban J connectivity index is 1.51. The van der Waals surface area contributed by atoms with Crippen molar-refractivity contribution in [3.8, 4) is 23.3 Å². The summed E-state index contributed by atoms with van der Waals surface area (Å²) in [5.41, 5.74) is 2.03. The number of likely N-dealkylation sites (N-methyl/N-ethyl adjacent to an activating group) is 1. The number of fused-ring (bicyclic) bond motifs is 1. The Morgan fingerprint density at radius 1 is 0.978 bits per heavy atom. The van der Waals surface area contributed by atoms with Gasteiger partial charge in [-0.15, -0.1) is 0 Å². The molecule has 2 heterocycles. The third-order valence-corrected chi connectivity index (χ3v) is 6.44. The number of rotatable bonds is 10. The van der Waals surface area contributed by atoms with Gasteiger partial charge in [-0.2, -0.15) is 5.26 Å². The minimum atomic E-state index is -0.920. The number of pyridine rings is 1. The first-order valence-electron chi connectivity index (χ1n) is 14.1. The number of hydrogen-bond donors (Lipinski definition) is 2. The van der Waals surface area contributed by atoms with Gasteiger partial charge in [-0.3, -0.25) is 9.78 Å². The van der Waals surface area contributed by atoms with Crippen molar-refractivity contribution in [1.29, 1.82) is 5.26 Å². The number of anilines is 3. The van der Waals surface area contributed by atoms with Gasteiger partial charge in [0.1, 0.15) is 23.3 Å². The van der Waals surface area contributed by atoms with Gasteiger partial charge in [0.2, 0.25) is 5.76 Å². The van der Waals surface area contributed by atoms with Crippen LogP contribution in [0.5, 0.6) is 17.2 Å². The maximum Gasteiger partial charge on any atom is 0.336 e. The van der Waals surface area contributed by atoms with Crippen LogP contribution in [-0.4, -0.2) is 55.0 Å². The number of benzene rings is 3. The Hall–Kier alpha value is -6.19. The Labute approximate surface area is 264 Å². The van der Waals surface area contributed by atoms with Gasteiger partial charge in [0.15, 0.2) is 5.76 Å². The van der Waals surface area contributed by atoms with Gasteiger partial charge < -0.3 is 34.5 Å². The summed E-state index contributed by atoms with van der Waals surface area (Å²) in [5.74, 6) is -1.65. The topological polar surface area (TPSA) is 152 Å². The first-order chi connectivity index (χ1) is 22.2. The van der Waals surface area contributed by atoms with Crippen LogP contribution < -0.4 is 20.1 Å². The molecule has 0 saturated carbocycles. The third-order valence-electron chi connectivity index (χ3n) is 6.44. The van der Waals surface area contributed by atoms with Gasteiger partial charge >= 0.3 is 11.9 Å². The molecule has 5 rings (SSSR count). The molecule has 232 valence electrons. The summed E-state index contributed by atoms with van der Waals surface area (Å²) in [6, 6.07) is 22.0. The van der Waals surface area contributed by atoms with Crippen LogP contribution in [0.2, 0.25) is 0 Å². The first-order valence-corrected chi connectivity index (χ1v) is 14.1. The lowest BCUT2D eigenvalue weighted by molar-refractivity contribution is -0.142. The number of nitrogens with zero attached hydrogens (tertiary/aromatic N) is 3. The molecular weight excluding hydrogens is 590 g/mol. The lowest BCUT2D eigenvalue weighted by Gasteiger charge is -2.19. The Morgan fingerprint density at radius 2 is 1.67 bits per heavy atom. The van der Waals surface area contributed by atoms with Crippen LogP contribution >= 0.6 is 0 Å². The van der Waals surface area contributed by atoms with E-state index in [1.54, 1.807) is 62.3 Å². The quantitative estimate of drug-likeness (QED) is 0.219. The summed E-state index contributed by atoms with van der Waals surface area (Å²) in [6.07, 6.45) is 3.23. The molecule has 1 aliphatic heterocycles. The fraction of sp³-hybridized carbons (Fsp3) is 0.147. The molecule has 3 aromatic carbocycles. The van der Waals surface area contributed by atoms with E-state index in [-0.39, 0.29) is 35.9 Å². The minimum Gasteiger partial charge on any atom is -0.492 e. The highest BCUT2D eigenvalue weighted by molar-refractivity contribution is 6.08. The molecule has 0 bridgehead atoms. The number of para-hydroxylation sites is 1. The van der Waals surface area contributed by atoms with Gasteiger partial charge in [0.25, 0.3) is 5.91 Å². The summed E-state index contributed by atoms with van der Waals surface area (Å²) in [4.78, 5) is 44.1. The Kier molecular flexibility index (Phi) is 9.55. The molecule has 12 heteroatoms. The zero-order chi connectivity index (χ0) is 32.6. The van der Waals surface area contributed by atoms with Crippen molar-refractivity contribution in [3.63, 3.8) is 0 Å². The fourth-order valence-corrected chi connectivity index (χ4v) is 4.46. The van der Waals surface area contributed by atoms with E-state index in [0.29, 0.717) is 33.8 Å². The molecule has 12 nitrogen and oxygen atoms in total. The maximum atomic E-state index is 13.6. The van der Waals surface area contributed by atoms with E-state index >= 15 is 0 Å². The summed E-state index contributed by atoms with van der Waals surface area (Å²) in [6.45, 7) is 2.03. The van der Waals surface area contributed by atoms with Crippen LogP contribution in [0.1, 0.15) is 12.5 Å². The molecule has 1 aliphatic rings. The predicted molar refractivity (Wildman–Crippen MR) is 169 cm³/mol. The fourth-order valence-electron chi connectivity index (χ4n) is 4.46. The van der Waals surface area contributed by atoms with Crippen molar-refractivity contribution >= 4 is 45.8 Å². The molecule has 1 amide bonds. The van der Waals surface area contributed by atoms with Crippen LogP contribution in [0.25, 0.3) is 10.9 Å². The molecule has 0 spiro atoms. The van der Waals surface area contributed by atoms with Crippen LogP contribution in [0.15, 0.2) is 96.6 Å². The molecule has 0 aliphatic carbocycles. The SMILES string of the molecule is CCOc1cc2ncc(C#N)c(Nc3ccc(Oc4ccccc4)cc3)c2cc1NC(=O)/C1=C(/CN(C)C)OC(=O)/C=C\C(=O)O1. The number of carbonyl (C=O) groups excluding carboxylic acids is 3. The number of amides is 1. The van der Waals surface area contributed by atoms with Crippen molar-refractivity contribution < 1.29 is 33.3 Å². The number of hydrogen-bond acceptors (Lipinski definition) is 11. The number of aromatic nitrogens is 1. The van der Waals surface area contributed by atoms with Gasteiger partial charge in [0.05, 0.1) is 35.6 Å². The summed E-state index contributed by atoms with van der Waals surface area (Å²) < 4.78 is 22.3. The summed E-state index contributed by atoms with van der Waals surface area (Å²) in [7, 11) is 3.39. The molecule has 1 aromatic heterocycles. The highest BCUT2D eigenvalue weighted by Crippen LogP contribution is 2.37. The lowest BCUT2D eigenvalue weighted by atomic mass is 10.1. The van der Waals surface area contributed by atoms with E-state index in [2.05, 4.69) is 21.7 Å². The second-order valence-corrected chi connectivity index (χ2v) is 10.1. The van der Waals surface area contributed by atoms with Crippen LogP contribution in [0, 0.1) is 11.3 Å². The highest BCUT2D eigenvalue weighted by Gasteiger charge is 2.27. The van der Waals surface area contributed by atoms with Crippen molar-refractivity contribution in [2.75, 3.05) is 37.9 Å². The third kappa shape index (κ3) is 7.47. The monoisotopic (exact) mass is 619 g/mol. The molecule has 0 unspecified atom stereocenters.